The van der Waals surface area contributed by atoms with Gasteiger partial charge < -0.3 is 0 Å². The molecule has 0 aliphatic heterocycles. The quantitative estimate of drug-likeness (QED) is 0.581. The molecule has 6 nitrogen and oxygen atoms in total. The first-order chi connectivity index (χ1) is 4.71. The molecule has 0 aliphatic carbocycles. The van der Waals surface area contributed by atoms with E-state index in [4.69, 9.17) is 4.55 Å². The zero-order chi connectivity index (χ0) is 9.12. The highest BCUT2D eigenvalue weighted by molar-refractivity contribution is 7.90. The standard InChI is InChI=1S/C3H8O6S2/c1-10(4,5)3-2-9-11(6,7)8/h2-3H2,1H3,(H,6,7,8). The van der Waals surface area contributed by atoms with Gasteiger partial charge in [-0.15, -0.1) is 0 Å². The van der Waals surface area contributed by atoms with Gasteiger partial charge in [0.2, 0.25) is 0 Å². The maximum atomic E-state index is 10.4. The fourth-order valence-corrected chi connectivity index (χ4v) is 1.08. The van der Waals surface area contributed by atoms with Crippen LogP contribution in [0.3, 0.4) is 0 Å². The van der Waals surface area contributed by atoms with E-state index in [1.807, 2.05) is 0 Å². The fraction of sp³-hybridized carbons (Fsp3) is 1.00. The molecule has 0 aromatic heterocycles. The van der Waals surface area contributed by atoms with Gasteiger partial charge in [0, 0.05) is 6.26 Å². The molecular formula is C3H8O6S2. The lowest BCUT2D eigenvalue weighted by molar-refractivity contribution is 0.284. The monoisotopic (exact) mass is 204 g/mol. The largest absolute Gasteiger partial charge is 0.397 e. The Morgan fingerprint density at radius 1 is 1.27 bits per heavy atom. The Balaban J connectivity index is 3.79. The number of hydrogen-bond acceptors (Lipinski definition) is 5. The lowest BCUT2D eigenvalue weighted by atomic mass is 10.9. The molecule has 8 heteroatoms. The van der Waals surface area contributed by atoms with Crippen LogP contribution in [0.4, 0.5) is 0 Å². The first kappa shape index (κ1) is 10.8. The minimum Gasteiger partial charge on any atom is -0.264 e. The molecule has 1 N–H and O–H groups in total. The Morgan fingerprint density at radius 2 is 1.73 bits per heavy atom. The third-order valence-corrected chi connectivity index (χ3v) is 2.06. The Kier molecular flexibility index (Phi) is 3.42. The molecule has 0 unspecified atom stereocenters. The van der Waals surface area contributed by atoms with Crippen molar-refractivity contribution in [2.75, 3.05) is 18.6 Å². The molecule has 0 spiro atoms. The number of rotatable bonds is 4. The molecule has 0 aromatic rings. The number of sulfone groups is 1. The van der Waals surface area contributed by atoms with Gasteiger partial charge in [0.05, 0.1) is 12.4 Å². The summed E-state index contributed by atoms with van der Waals surface area (Å²) in [5.41, 5.74) is 0. The average Bonchev–Trinajstić information content (AvgIpc) is 1.55. The van der Waals surface area contributed by atoms with Crippen LogP contribution in [-0.4, -0.2) is 40.0 Å². The van der Waals surface area contributed by atoms with Crippen LogP contribution in [0, 0.1) is 0 Å². The van der Waals surface area contributed by atoms with Crippen molar-refractivity contribution in [3.63, 3.8) is 0 Å². The molecular weight excluding hydrogens is 196 g/mol. The zero-order valence-corrected chi connectivity index (χ0v) is 7.35. The first-order valence-electron chi connectivity index (χ1n) is 2.50. The number of hydrogen-bond donors (Lipinski definition) is 1. The van der Waals surface area contributed by atoms with Crippen LogP contribution in [0.2, 0.25) is 0 Å². The molecule has 0 atom stereocenters. The van der Waals surface area contributed by atoms with Crippen molar-refractivity contribution in [3.8, 4) is 0 Å². The molecule has 0 radical (unpaired) electrons. The van der Waals surface area contributed by atoms with Crippen LogP contribution in [0.1, 0.15) is 0 Å². The summed E-state index contributed by atoms with van der Waals surface area (Å²) in [5.74, 6) is -0.438. The second kappa shape index (κ2) is 3.48. The van der Waals surface area contributed by atoms with E-state index in [0.29, 0.717) is 0 Å². The lowest BCUT2D eigenvalue weighted by Crippen LogP contribution is -2.13. The average molecular weight is 204 g/mol. The molecule has 0 heterocycles. The molecule has 0 aromatic carbocycles. The maximum absolute atomic E-state index is 10.4. The molecule has 0 rings (SSSR count). The summed E-state index contributed by atoms with van der Waals surface area (Å²) < 4.78 is 52.2. The molecule has 0 saturated heterocycles. The van der Waals surface area contributed by atoms with Crippen molar-refractivity contribution >= 4 is 20.2 Å². The Morgan fingerprint density at radius 3 is 2.00 bits per heavy atom. The first-order valence-corrected chi connectivity index (χ1v) is 5.93. The van der Waals surface area contributed by atoms with E-state index >= 15 is 0 Å². The zero-order valence-electron chi connectivity index (χ0n) is 5.72. The summed E-state index contributed by atoms with van der Waals surface area (Å²) >= 11 is 0. The van der Waals surface area contributed by atoms with Gasteiger partial charge in [0.25, 0.3) is 0 Å². The van der Waals surface area contributed by atoms with Crippen molar-refractivity contribution in [2.24, 2.45) is 0 Å². The SMILES string of the molecule is CS(=O)(=O)CCOS(=O)(=O)O. The summed E-state index contributed by atoms with van der Waals surface area (Å²) in [6.45, 7) is -0.558. The summed E-state index contributed by atoms with van der Waals surface area (Å²) in [6.07, 6.45) is 0.931. The van der Waals surface area contributed by atoms with E-state index in [2.05, 4.69) is 4.18 Å². The van der Waals surface area contributed by atoms with Crippen molar-refractivity contribution in [3.05, 3.63) is 0 Å². The molecule has 0 bridgehead atoms. The molecule has 68 valence electrons. The highest BCUT2D eigenvalue weighted by atomic mass is 32.3. The smallest absolute Gasteiger partial charge is 0.264 e. The van der Waals surface area contributed by atoms with Crippen LogP contribution in [0.15, 0.2) is 0 Å². The van der Waals surface area contributed by atoms with E-state index in [-0.39, 0.29) is 0 Å². The van der Waals surface area contributed by atoms with Gasteiger partial charge in [-0.05, 0) is 0 Å². The van der Waals surface area contributed by atoms with Crippen molar-refractivity contribution in [1.29, 1.82) is 0 Å². The van der Waals surface area contributed by atoms with E-state index in [9.17, 15) is 16.8 Å². The van der Waals surface area contributed by atoms with E-state index in [1.54, 1.807) is 0 Å². The van der Waals surface area contributed by atoms with Crippen LogP contribution >= 0.6 is 0 Å². The second-order valence-electron chi connectivity index (χ2n) is 1.88. The van der Waals surface area contributed by atoms with E-state index < -0.39 is 32.6 Å². The van der Waals surface area contributed by atoms with Crippen molar-refractivity contribution < 1.29 is 25.6 Å². The maximum Gasteiger partial charge on any atom is 0.397 e. The van der Waals surface area contributed by atoms with Gasteiger partial charge in [-0.25, -0.2) is 12.6 Å². The third kappa shape index (κ3) is 9.82. The Bertz CT molecular complexity index is 265. The fourth-order valence-electron chi connectivity index (χ4n) is 0.291. The lowest BCUT2D eigenvalue weighted by Gasteiger charge is -1.96. The van der Waals surface area contributed by atoms with Gasteiger partial charge in [0.15, 0.2) is 0 Å². The van der Waals surface area contributed by atoms with Gasteiger partial charge in [-0.2, -0.15) is 8.42 Å². The predicted octanol–water partition coefficient (Wildman–Crippen LogP) is -1.15. The molecule has 0 saturated carbocycles. The normalized spacial score (nSPS) is 13.3. The van der Waals surface area contributed by atoms with E-state index in [0.717, 1.165) is 6.26 Å². The molecule has 0 aliphatic rings. The second-order valence-corrected chi connectivity index (χ2v) is 5.23. The Hall–Kier alpha value is -0.180. The van der Waals surface area contributed by atoms with Crippen LogP contribution in [-0.2, 0) is 24.4 Å². The minimum atomic E-state index is -4.51. The molecule has 11 heavy (non-hydrogen) atoms. The van der Waals surface area contributed by atoms with Crippen molar-refractivity contribution in [2.45, 2.75) is 0 Å². The Labute approximate surface area is 65.0 Å². The summed E-state index contributed by atoms with van der Waals surface area (Å²) in [7, 11) is -7.76. The van der Waals surface area contributed by atoms with Gasteiger partial charge >= 0.3 is 10.4 Å². The van der Waals surface area contributed by atoms with Crippen LogP contribution in [0.25, 0.3) is 0 Å². The minimum absolute atomic E-state index is 0.438. The van der Waals surface area contributed by atoms with Gasteiger partial charge in [-0.1, -0.05) is 0 Å². The van der Waals surface area contributed by atoms with Crippen molar-refractivity contribution in [1.82, 2.24) is 0 Å². The topological polar surface area (TPSA) is 97.7 Å². The highest BCUT2D eigenvalue weighted by Crippen LogP contribution is 1.88. The van der Waals surface area contributed by atoms with Crippen LogP contribution in [0.5, 0.6) is 0 Å². The third-order valence-electron chi connectivity index (χ3n) is 0.686. The van der Waals surface area contributed by atoms with Gasteiger partial charge in [-0.3, -0.25) is 4.55 Å². The predicted molar refractivity (Wildman–Crippen MR) is 37.2 cm³/mol. The molecule has 0 amide bonds. The molecule has 0 fully saturated rings. The van der Waals surface area contributed by atoms with Gasteiger partial charge in [0.1, 0.15) is 9.84 Å². The summed E-state index contributed by atoms with van der Waals surface area (Å²) in [6, 6.07) is 0. The summed E-state index contributed by atoms with van der Waals surface area (Å²) in [5, 5.41) is 0. The summed E-state index contributed by atoms with van der Waals surface area (Å²) in [4.78, 5) is 0. The highest BCUT2D eigenvalue weighted by Gasteiger charge is 2.07. The van der Waals surface area contributed by atoms with E-state index in [1.165, 1.54) is 0 Å². The van der Waals surface area contributed by atoms with Crippen LogP contribution < -0.4 is 0 Å².